The van der Waals surface area contributed by atoms with Crippen LogP contribution in [0.1, 0.15) is 19.3 Å². The van der Waals surface area contributed by atoms with Crippen molar-refractivity contribution in [2.75, 3.05) is 18.2 Å². The van der Waals surface area contributed by atoms with Crippen LogP contribution in [0.5, 0.6) is 0 Å². The van der Waals surface area contributed by atoms with Crippen LogP contribution in [0, 0.1) is 34.6 Å². The minimum atomic E-state index is -1.86. The first kappa shape index (κ1) is 20.8. The predicted octanol–water partition coefficient (Wildman–Crippen LogP) is 1.30. The number of nitrogens with zero attached hydrogens (tertiary/aromatic N) is 3. The zero-order chi connectivity index (χ0) is 20.8. The first-order valence-electron chi connectivity index (χ1n) is 7.80. The highest BCUT2D eigenvalue weighted by Gasteiger charge is 2.33. The highest BCUT2D eigenvalue weighted by atomic mass is 19.2. The van der Waals surface area contributed by atoms with E-state index >= 15 is 0 Å². The number of halogens is 4. The number of hydrogen-bond donors (Lipinski definition) is 1. The summed E-state index contributed by atoms with van der Waals surface area (Å²) in [5, 5.41) is 14.1. The molecule has 1 aromatic carbocycles. The molecule has 28 heavy (non-hydrogen) atoms. The lowest BCUT2D eigenvalue weighted by atomic mass is 10.1. The number of carbonyl (C=O) groups is 3. The van der Waals surface area contributed by atoms with Crippen molar-refractivity contribution in [3.63, 3.8) is 0 Å². The minimum absolute atomic E-state index is 0.0353. The molecule has 148 valence electrons. The summed E-state index contributed by atoms with van der Waals surface area (Å²) < 4.78 is 59.2. The molecule has 2 rings (SSSR count). The fourth-order valence-electron chi connectivity index (χ4n) is 2.15. The van der Waals surface area contributed by atoms with Gasteiger partial charge in [-0.1, -0.05) is 0 Å². The molecule has 0 radical (unpaired) electrons. The number of carbonyl (C=O) groups excluding carboxylic acids is 3. The van der Waals surface area contributed by atoms with Gasteiger partial charge in [-0.15, -0.1) is 0 Å². The molecular weight excluding hydrogens is 388 g/mol. The van der Waals surface area contributed by atoms with E-state index in [9.17, 15) is 31.9 Å². The van der Waals surface area contributed by atoms with Crippen molar-refractivity contribution >= 4 is 29.2 Å². The summed E-state index contributed by atoms with van der Waals surface area (Å²) in [7, 11) is 0. The van der Waals surface area contributed by atoms with Gasteiger partial charge in [-0.3, -0.25) is 9.59 Å². The number of rotatable bonds is 6. The third kappa shape index (κ3) is 4.61. The molecule has 1 aromatic rings. The van der Waals surface area contributed by atoms with Crippen molar-refractivity contribution in [2.45, 2.75) is 19.3 Å². The molecule has 0 fully saturated rings. The Morgan fingerprint density at radius 1 is 1.21 bits per heavy atom. The summed E-state index contributed by atoms with van der Waals surface area (Å²) >= 11 is 0. The highest BCUT2D eigenvalue weighted by Crippen LogP contribution is 2.30. The van der Waals surface area contributed by atoms with Gasteiger partial charge in [0.2, 0.25) is 5.91 Å². The second kappa shape index (κ2) is 8.94. The van der Waals surface area contributed by atoms with E-state index in [0.717, 1.165) is 0 Å². The molecule has 12 heteroatoms. The molecule has 1 aliphatic heterocycles. The van der Waals surface area contributed by atoms with E-state index in [-0.39, 0.29) is 30.5 Å². The minimum Gasteiger partial charge on any atom is -0.451 e. The fraction of sp³-hybridized carbons (Fsp3) is 0.312. The van der Waals surface area contributed by atoms with Gasteiger partial charge >= 0.3 is 5.97 Å². The number of nitriles is 1. The maximum absolute atomic E-state index is 13.9. The number of hydrogen-bond acceptors (Lipinski definition) is 6. The number of anilines is 1. The molecule has 0 saturated heterocycles. The number of ether oxygens (including phenoxy) is 1. The summed E-state index contributed by atoms with van der Waals surface area (Å²) in [5.41, 5.74) is -1.88. The number of nitrogens with one attached hydrogen (secondary N) is 1. The van der Waals surface area contributed by atoms with E-state index in [0.29, 0.717) is 0 Å². The fourth-order valence-corrected chi connectivity index (χ4v) is 2.15. The Morgan fingerprint density at radius 2 is 1.86 bits per heavy atom. The van der Waals surface area contributed by atoms with Crippen molar-refractivity contribution in [3.05, 3.63) is 29.3 Å². The summed E-state index contributed by atoms with van der Waals surface area (Å²) in [6, 6.07) is 1.75. The second-order valence-electron chi connectivity index (χ2n) is 5.40. The summed E-state index contributed by atoms with van der Waals surface area (Å²) in [5.74, 6) is -10.1. The molecule has 2 amide bonds. The van der Waals surface area contributed by atoms with Gasteiger partial charge in [-0.25, -0.2) is 22.4 Å². The average molecular weight is 400 g/mol. The second-order valence-corrected chi connectivity index (χ2v) is 5.40. The van der Waals surface area contributed by atoms with Gasteiger partial charge in [0.25, 0.3) is 5.91 Å². The molecule has 0 aliphatic carbocycles. The summed E-state index contributed by atoms with van der Waals surface area (Å²) in [6.45, 7) is -0.686. The van der Waals surface area contributed by atoms with Crippen LogP contribution >= 0.6 is 0 Å². The normalized spacial score (nSPS) is 13.6. The van der Waals surface area contributed by atoms with Crippen molar-refractivity contribution in [1.29, 1.82) is 5.26 Å². The van der Waals surface area contributed by atoms with E-state index in [2.05, 4.69) is 15.2 Å². The van der Waals surface area contributed by atoms with Crippen molar-refractivity contribution < 1.29 is 36.7 Å². The highest BCUT2D eigenvalue weighted by molar-refractivity contribution is 6.38. The number of esters is 1. The lowest BCUT2D eigenvalue weighted by Gasteiger charge is -2.23. The molecule has 0 aromatic heterocycles. The van der Waals surface area contributed by atoms with Gasteiger partial charge in [-0.2, -0.15) is 15.4 Å². The zero-order valence-electron chi connectivity index (χ0n) is 14.1. The van der Waals surface area contributed by atoms with E-state index in [4.69, 9.17) is 5.26 Å². The van der Waals surface area contributed by atoms with Crippen LogP contribution in [0.15, 0.2) is 11.2 Å². The maximum atomic E-state index is 13.9. The number of hydrazone groups is 1. The van der Waals surface area contributed by atoms with Crippen LogP contribution in [0.3, 0.4) is 0 Å². The predicted molar refractivity (Wildman–Crippen MR) is 84.6 cm³/mol. The van der Waals surface area contributed by atoms with Crippen LogP contribution in [0.4, 0.5) is 23.2 Å². The first-order chi connectivity index (χ1) is 13.3. The third-order valence-corrected chi connectivity index (χ3v) is 3.46. The van der Waals surface area contributed by atoms with Gasteiger partial charge < -0.3 is 10.1 Å². The molecule has 0 bridgehead atoms. The smallest absolute Gasteiger partial charge is 0.355 e. The first-order valence-corrected chi connectivity index (χ1v) is 7.80. The van der Waals surface area contributed by atoms with E-state index < -0.39 is 65.5 Å². The zero-order valence-corrected chi connectivity index (χ0v) is 14.1. The van der Waals surface area contributed by atoms with Gasteiger partial charge in [-0.05, 0) is 0 Å². The molecule has 8 nitrogen and oxygen atoms in total. The molecule has 1 N–H and O–H groups in total. The number of benzene rings is 1. The van der Waals surface area contributed by atoms with E-state index in [1.165, 1.54) is 0 Å². The van der Waals surface area contributed by atoms with Crippen LogP contribution in [0.2, 0.25) is 0 Å². The van der Waals surface area contributed by atoms with Crippen LogP contribution < -0.4 is 10.3 Å². The van der Waals surface area contributed by atoms with E-state index in [1.54, 1.807) is 6.07 Å². The molecular formula is C16H12F4N4O4. The average Bonchev–Trinajstić information content (AvgIpc) is 2.66. The van der Waals surface area contributed by atoms with Crippen LogP contribution in [-0.2, 0) is 19.1 Å². The number of amides is 2. The standard InChI is InChI=1S/C16H12F4N4O4/c17-8-6-9(18)14(20)15(13(8)19)24-12(26)3-2-10(23-24)16(27)28-7-11(25)22-5-1-4-21/h6H,1-3,5,7H2,(H,22,25). The topological polar surface area (TPSA) is 112 Å². The molecule has 1 aliphatic rings. The SMILES string of the molecule is N#CCCNC(=O)COC(=O)C1=NN(c2c(F)c(F)cc(F)c2F)C(=O)CC1. The Morgan fingerprint density at radius 3 is 2.46 bits per heavy atom. The molecule has 0 spiro atoms. The quantitative estimate of drug-likeness (QED) is 0.335. The van der Waals surface area contributed by atoms with E-state index in [1.807, 2.05) is 0 Å². The van der Waals surface area contributed by atoms with Crippen LogP contribution in [-0.4, -0.2) is 36.6 Å². The van der Waals surface area contributed by atoms with Crippen LogP contribution in [0.25, 0.3) is 0 Å². The Balaban J connectivity index is 2.18. The Hall–Kier alpha value is -3.49. The Labute approximate surface area is 155 Å². The Bertz CT molecular complexity index is 871. The maximum Gasteiger partial charge on any atom is 0.355 e. The van der Waals surface area contributed by atoms with Crippen molar-refractivity contribution in [2.24, 2.45) is 5.10 Å². The van der Waals surface area contributed by atoms with Crippen molar-refractivity contribution in [1.82, 2.24) is 5.32 Å². The monoisotopic (exact) mass is 400 g/mol. The van der Waals surface area contributed by atoms with Gasteiger partial charge in [0.15, 0.2) is 29.9 Å². The lowest BCUT2D eigenvalue weighted by Crippen LogP contribution is -2.37. The third-order valence-electron chi connectivity index (χ3n) is 3.46. The largest absolute Gasteiger partial charge is 0.451 e. The van der Waals surface area contributed by atoms with Gasteiger partial charge in [0.1, 0.15) is 11.4 Å². The molecule has 0 saturated carbocycles. The lowest BCUT2D eigenvalue weighted by molar-refractivity contribution is -0.142. The summed E-state index contributed by atoms with van der Waals surface area (Å²) in [4.78, 5) is 35.3. The summed E-state index contributed by atoms with van der Waals surface area (Å²) in [6.07, 6.45) is -0.671. The van der Waals surface area contributed by atoms with Crippen molar-refractivity contribution in [3.8, 4) is 6.07 Å². The van der Waals surface area contributed by atoms with Gasteiger partial charge in [0, 0.05) is 25.5 Å². The molecule has 1 heterocycles. The van der Waals surface area contributed by atoms with Gasteiger partial charge in [0.05, 0.1) is 12.5 Å². The molecule has 0 unspecified atom stereocenters. The molecule has 0 atom stereocenters. The Kier molecular flexibility index (Phi) is 6.64.